The molecule has 1 unspecified atom stereocenters. The molecule has 0 saturated carbocycles. The Morgan fingerprint density at radius 2 is 2.10 bits per heavy atom. The molecule has 0 saturated heterocycles. The van der Waals surface area contributed by atoms with E-state index in [0.717, 1.165) is 6.42 Å². The third kappa shape index (κ3) is 5.94. The van der Waals surface area contributed by atoms with Crippen LogP contribution in [0.1, 0.15) is 34.1 Å². The minimum absolute atomic E-state index is 0.0401. The van der Waals surface area contributed by atoms with Gasteiger partial charge in [-0.15, -0.1) is 0 Å². The van der Waals surface area contributed by atoms with Gasteiger partial charge in [-0.1, -0.05) is 32.4 Å². The van der Waals surface area contributed by atoms with E-state index in [4.69, 9.17) is 22.1 Å². The highest BCUT2D eigenvalue weighted by Crippen LogP contribution is 2.30. The highest BCUT2D eigenvalue weighted by Gasteiger charge is 2.24. The molecule has 0 radical (unpaired) electrons. The summed E-state index contributed by atoms with van der Waals surface area (Å²) in [5.74, 6) is 0.274. The lowest BCUT2D eigenvalue weighted by Crippen LogP contribution is -2.32. The number of amides is 1. The van der Waals surface area contributed by atoms with Crippen molar-refractivity contribution >= 4 is 23.2 Å². The summed E-state index contributed by atoms with van der Waals surface area (Å²) in [5, 5.41) is 3.43. The number of nitrogens with one attached hydrogen (secondary N) is 1. The largest absolute Gasteiger partial charge is 0.492 e. The molecule has 1 rings (SSSR count). The molecule has 0 spiro atoms. The van der Waals surface area contributed by atoms with Crippen molar-refractivity contribution in [1.29, 1.82) is 0 Å². The Balaban J connectivity index is 2.88. The molecule has 3 N–H and O–H groups in total. The summed E-state index contributed by atoms with van der Waals surface area (Å²) in [4.78, 5) is 12.4. The normalized spacial score (nSPS) is 12.9. The van der Waals surface area contributed by atoms with Crippen LogP contribution in [-0.4, -0.2) is 19.1 Å². The fourth-order valence-electron chi connectivity index (χ4n) is 2.14. The maximum absolute atomic E-state index is 12.4. The Bertz CT molecular complexity index is 484. The molecule has 21 heavy (non-hydrogen) atoms. The highest BCUT2D eigenvalue weighted by atomic mass is 35.5. The second-order valence-corrected chi connectivity index (χ2v) is 6.70. The van der Waals surface area contributed by atoms with Crippen molar-refractivity contribution in [2.75, 3.05) is 18.5 Å². The molecule has 0 fully saturated rings. The number of carbonyl (C=O) groups excluding carboxylic acids is 1. The quantitative estimate of drug-likeness (QED) is 0.842. The number of anilines is 1. The number of nitrogens with two attached hydrogens (primary N) is 1. The number of halogens is 1. The molecule has 1 amide bonds. The van der Waals surface area contributed by atoms with Gasteiger partial charge in [-0.2, -0.15) is 0 Å². The number of benzene rings is 1. The maximum Gasteiger partial charge on any atom is 0.228 e. The topological polar surface area (TPSA) is 64.3 Å². The predicted octanol–water partition coefficient (Wildman–Crippen LogP) is 3.69. The molecule has 0 aromatic heterocycles. The van der Waals surface area contributed by atoms with Crippen LogP contribution < -0.4 is 15.8 Å². The van der Waals surface area contributed by atoms with Crippen molar-refractivity contribution in [2.45, 2.75) is 34.1 Å². The molecule has 0 bridgehead atoms. The van der Waals surface area contributed by atoms with Crippen LogP contribution in [0, 0.1) is 11.3 Å². The molecule has 0 aliphatic rings. The van der Waals surface area contributed by atoms with Crippen LogP contribution in [0.25, 0.3) is 0 Å². The van der Waals surface area contributed by atoms with E-state index >= 15 is 0 Å². The standard InChI is InChI=1S/C16H25ClN2O2/c1-5-21-14-7-6-12(17)8-13(14)19-15(20)11(10-18)9-16(2,3)4/h6-8,11H,5,9-10,18H2,1-4H3,(H,19,20). The zero-order valence-electron chi connectivity index (χ0n) is 13.2. The van der Waals surface area contributed by atoms with Crippen LogP contribution in [0.15, 0.2) is 18.2 Å². The Kier molecular flexibility index (Phi) is 6.49. The first-order valence-corrected chi connectivity index (χ1v) is 7.58. The first-order chi connectivity index (χ1) is 9.76. The van der Waals surface area contributed by atoms with Gasteiger partial charge in [0.25, 0.3) is 0 Å². The van der Waals surface area contributed by atoms with Crippen molar-refractivity contribution in [2.24, 2.45) is 17.1 Å². The fraction of sp³-hybridized carbons (Fsp3) is 0.562. The van der Waals surface area contributed by atoms with Gasteiger partial charge in [-0.05, 0) is 37.0 Å². The van der Waals surface area contributed by atoms with Gasteiger partial charge in [0.15, 0.2) is 0 Å². The number of hydrogen-bond acceptors (Lipinski definition) is 3. The lowest BCUT2D eigenvalue weighted by molar-refractivity contribution is -0.120. The monoisotopic (exact) mass is 312 g/mol. The molecule has 1 aromatic carbocycles. The van der Waals surface area contributed by atoms with E-state index in [-0.39, 0.29) is 17.2 Å². The molecule has 1 atom stereocenters. The van der Waals surface area contributed by atoms with E-state index < -0.39 is 0 Å². The Hall–Kier alpha value is -1.26. The van der Waals surface area contributed by atoms with Crippen molar-refractivity contribution in [3.63, 3.8) is 0 Å². The van der Waals surface area contributed by atoms with E-state index in [9.17, 15) is 4.79 Å². The third-order valence-corrected chi connectivity index (χ3v) is 3.25. The van der Waals surface area contributed by atoms with Crippen LogP contribution in [0.2, 0.25) is 5.02 Å². The van der Waals surface area contributed by atoms with Crippen LogP contribution >= 0.6 is 11.6 Å². The lowest BCUT2D eigenvalue weighted by atomic mass is 9.84. The van der Waals surface area contributed by atoms with Gasteiger partial charge in [-0.25, -0.2) is 0 Å². The van der Waals surface area contributed by atoms with E-state index in [2.05, 4.69) is 26.1 Å². The van der Waals surface area contributed by atoms with Gasteiger partial charge in [-0.3, -0.25) is 4.79 Å². The minimum atomic E-state index is -0.238. The molecule has 0 aliphatic heterocycles. The first-order valence-electron chi connectivity index (χ1n) is 7.20. The molecule has 4 nitrogen and oxygen atoms in total. The molecular weight excluding hydrogens is 288 g/mol. The van der Waals surface area contributed by atoms with Crippen LogP contribution in [-0.2, 0) is 4.79 Å². The smallest absolute Gasteiger partial charge is 0.228 e. The zero-order valence-corrected chi connectivity index (χ0v) is 14.0. The molecule has 0 aliphatic carbocycles. The third-order valence-electron chi connectivity index (χ3n) is 3.01. The summed E-state index contributed by atoms with van der Waals surface area (Å²) in [6.45, 7) is 9.00. The van der Waals surface area contributed by atoms with Crippen molar-refractivity contribution in [1.82, 2.24) is 0 Å². The number of rotatable bonds is 6. The number of ether oxygens (including phenoxy) is 1. The van der Waals surface area contributed by atoms with E-state index in [1.165, 1.54) is 0 Å². The van der Waals surface area contributed by atoms with Gasteiger partial charge >= 0.3 is 0 Å². The number of hydrogen-bond donors (Lipinski definition) is 2. The Morgan fingerprint density at radius 1 is 1.43 bits per heavy atom. The minimum Gasteiger partial charge on any atom is -0.492 e. The molecular formula is C16H25ClN2O2. The van der Waals surface area contributed by atoms with Gasteiger partial charge in [0.1, 0.15) is 5.75 Å². The van der Waals surface area contributed by atoms with Gasteiger partial charge < -0.3 is 15.8 Å². The summed E-state index contributed by atoms with van der Waals surface area (Å²) in [5.41, 5.74) is 6.37. The highest BCUT2D eigenvalue weighted by molar-refractivity contribution is 6.31. The lowest BCUT2D eigenvalue weighted by Gasteiger charge is -2.24. The van der Waals surface area contributed by atoms with Crippen molar-refractivity contribution in [3.8, 4) is 5.75 Å². The summed E-state index contributed by atoms with van der Waals surface area (Å²) in [6.07, 6.45) is 0.722. The molecule has 118 valence electrons. The van der Waals surface area contributed by atoms with Gasteiger partial charge in [0, 0.05) is 11.6 Å². The summed E-state index contributed by atoms with van der Waals surface area (Å²) in [7, 11) is 0. The Labute approximate surface area is 132 Å². The molecule has 0 heterocycles. The predicted molar refractivity (Wildman–Crippen MR) is 87.9 cm³/mol. The molecule has 5 heteroatoms. The van der Waals surface area contributed by atoms with E-state index in [0.29, 0.717) is 29.6 Å². The van der Waals surface area contributed by atoms with Crippen molar-refractivity contribution in [3.05, 3.63) is 23.2 Å². The van der Waals surface area contributed by atoms with E-state index in [1.54, 1.807) is 18.2 Å². The number of carbonyl (C=O) groups is 1. The average Bonchev–Trinajstić information content (AvgIpc) is 2.38. The van der Waals surface area contributed by atoms with E-state index in [1.807, 2.05) is 6.92 Å². The summed E-state index contributed by atoms with van der Waals surface area (Å²) < 4.78 is 5.50. The maximum atomic E-state index is 12.4. The zero-order chi connectivity index (χ0) is 16.0. The second-order valence-electron chi connectivity index (χ2n) is 6.26. The summed E-state index contributed by atoms with van der Waals surface area (Å²) >= 11 is 5.99. The second kappa shape index (κ2) is 7.66. The van der Waals surface area contributed by atoms with Crippen LogP contribution in [0.5, 0.6) is 5.75 Å². The van der Waals surface area contributed by atoms with Gasteiger partial charge in [0.2, 0.25) is 5.91 Å². The van der Waals surface area contributed by atoms with Crippen LogP contribution in [0.3, 0.4) is 0 Å². The van der Waals surface area contributed by atoms with Gasteiger partial charge in [0.05, 0.1) is 18.2 Å². The average molecular weight is 313 g/mol. The van der Waals surface area contributed by atoms with Crippen LogP contribution in [0.4, 0.5) is 5.69 Å². The first kappa shape index (κ1) is 17.8. The fourth-order valence-corrected chi connectivity index (χ4v) is 2.31. The molecule has 1 aromatic rings. The van der Waals surface area contributed by atoms with Crippen molar-refractivity contribution < 1.29 is 9.53 Å². The SMILES string of the molecule is CCOc1ccc(Cl)cc1NC(=O)C(CN)CC(C)(C)C. The summed E-state index contributed by atoms with van der Waals surface area (Å²) in [6, 6.07) is 5.18. The Morgan fingerprint density at radius 3 is 2.62 bits per heavy atom.